The molecule has 5 nitrogen and oxygen atoms in total. The van der Waals surface area contributed by atoms with Crippen molar-refractivity contribution in [2.24, 2.45) is 0 Å². The van der Waals surface area contributed by atoms with Crippen molar-refractivity contribution in [3.63, 3.8) is 0 Å². The minimum Gasteiger partial charge on any atom is -0.395 e. The van der Waals surface area contributed by atoms with Crippen LogP contribution in [0.1, 0.15) is 18.6 Å². The Morgan fingerprint density at radius 2 is 2.06 bits per heavy atom. The van der Waals surface area contributed by atoms with Crippen molar-refractivity contribution < 1.29 is 10.2 Å². The Morgan fingerprint density at radius 3 is 2.67 bits per heavy atom. The molecular formula is C13H21N3O2. The number of aromatic nitrogens is 1. The van der Waals surface area contributed by atoms with Gasteiger partial charge >= 0.3 is 0 Å². The number of nitrogens with zero attached hydrogens (tertiary/aromatic N) is 3. The lowest BCUT2D eigenvalue weighted by Crippen LogP contribution is -2.47. The molecule has 0 aromatic carbocycles. The zero-order valence-electron chi connectivity index (χ0n) is 10.8. The highest BCUT2D eigenvalue weighted by molar-refractivity contribution is 5.42. The van der Waals surface area contributed by atoms with Gasteiger partial charge in [-0.25, -0.2) is 4.98 Å². The van der Waals surface area contributed by atoms with E-state index in [0.29, 0.717) is 0 Å². The topological polar surface area (TPSA) is 59.8 Å². The van der Waals surface area contributed by atoms with Crippen LogP contribution in [0.4, 0.5) is 5.82 Å². The number of pyridine rings is 1. The highest BCUT2D eigenvalue weighted by atomic mass is 16.3. The second kappa shape index (κ2) is 6.13. The van der Waals surface area contributed by atoms with Gasteiger partial charge in [-0.2, -0.15) is 0 Å². The third kappa shape index (κ3) is 3.19. The molecule has 0 radical (unpaired) electrons. The summed E-state index contributed by atoms with van der Waals surface area (Å²) in [7, 11) is 0. The Morgan fingerprint density at radius 1 is 1.33 bits per heavy atom. The molecule has 1 fully saturated rings. The van der Waals surface area contributed by atoms with Gasteiger partial charge in [0.2, 0.25) is 0 Å². The van der Waals surface area contributed by atoms with E-state index in [-0.39, 0.29) is 6.61 Å². The molecule has 1 aromatic heterocycles. The van der Waals surface area contributed by atoms with Gasteiger partial charge in [0.05, 0.1) is 12.7 Å². The van der Waals surface area contributed by atoms with E-state index in [9.17, 15) is 5.11 Å². The van der Waals surface area contributed by atoms with Crippen molar-refractivity contribution in [1.82, 2.24) is 9.88 Å². The molecule has 18 heavy (non-hydrogen) atoms. The van der Waals surface area contributed by atoms with E-state index in [2.05, 4.69) is 14.8 Å². The van der Waals surface area contributed by atoms with Crippen LogP contribution in [0.2, 0.25) is 0 Å². The molecule has 1 saturated heterocycles. The number of β-amino-alcohol motifs (C(OH)–C–C–N with tert-alkyl or cyclic N) is 1. The molecule has 0 saturated carbocycles. The van der Waals surface area contributed by atoms with E-state index in [1.807, 2.05) is 12.1 Å². The normalized spacial score (nSPS) is 18.9. The van der Waals surface area contributed by atoms with Gasteiger partial charge in [-0.3, -0.25) is 4.90 Å². The third-order valence-corrected chi connectivity index (χ3v) is 3.36. The molecule has 1 aromatic rings. The lowest BCUT2D eigenvalue weighted by molar-refractivity contribution is 0.188. The number of hydrogen-bond donors (Lipinski definition) is 2. The fraction of sp³-hybridized carbons (Fsp3) is 0.615. The monoisotopic (exact) mass is 251 g/mol. The maximum Gasteiger partial charge on any atom is 0.128 e. The quantitative estimate of drug-likeness (QED) is 0.803. The molecule has 0 amide bonds. The molecule has 5 heteroatoms. The molecule has 0 bridgehead atoms. The second-order valence-electron chi connectivity index (χ2n) is 4.68. The summed E-state index contributed by atoms with van der Waals surface area (Å²) < 4.78 is 0. The van der Waals surface area contributed by atoms with Crippen LogP contribution >= 0.6 is 0 Å². The number of anilines is 1. The molecule has 1 aliphatic rings. The Bertz CT molecular complexity index is 376. The van der Waals surface area contributed by atoms with Crippen molar-refractivity contribution in [2.45, 2.75) is 13.0 Å². The SMILES string of the molecule is C[C@H](O)c1ccnc(N2CCN(CCO)CC2)c1. The Hall–Kier alpha value is -1.17. The van der Waals surface area contributed by atoms with Crippen LogP contribution in [0.15, 0.2) is 18.3 Å². The van der Waals surface area contributed by atoms with E-state index in [0.717, 1.165) is 44.1 Å². The summed E-state index contributed by atoms with van der Waals surface area (Å²) in [4.78, 5) is 8.83. The molecular weight excluding hydrogens is 230 g/mol. The lowest BCUT2D eigenvalue weighted by atomic mass is 10.1. The van der Waals surface area contributed by atoms with Crippen molar-refractivity contribution >= 4 is 5.82 Å². The standard InChI is InChI=1S/C13H21N3O2/c1-11(18)12-2-3-14-13(10-12)16-6-4-15(5-7-16)8-9-17/h2-3,10-11,17-18H,4-9H2,1H3/t11-/m0/s1. The van der Waals surface area contributed by atoms with E-state index < -0.39 is 6.10 Å². The predicted molar refractivity (Wildman–Crippen MR) is 70.6 cm³/mol. The van der Waals surface area contributed by atoms with E-state index in [1.54, 1.807) is 13.1 Å². The highest BCUT2D eigenvalue weighted by Gasteiger charge is 2.17. The average molecular weight is 251 g/mol. The molecule has 0 unspecified atom stereocenters. The average Bonchev–Trinajstić information content (AvgIpc) is 2.40. The van der Waals surface area contributed by atoms with E-state index >= 15 is 0 Å². The second-order valence-corrected chi connectivity index (χ2v) is 4.68. The Kier molecular flexibility index (Phi) is 4.52. The van der Waals surface area contributed by atoms with Crippen LogP contribution < -0.4 is 4.90 Å². The minimum atomic E-state index is -0.456. The number of rotatable bonds is 4. The van der Waals surface area contributed by atoms with Crippen molar-refractivity contribution in [3.8, 4) is 0 Å². The van der Waals surface area contributed by atoms with Gasteiger partial charge in [-0.15, -0.1) is 0 Å². The van der Waals surface area contributed by atoms with Crippen LogP contribution in [-0.2, 0) is 0 Å². The molecule has 100 valence electrons. The van der Waals surface area contributed by atoms with Gasteiger partial charge in [0, 0.05) is 38.9 Å². The zero-order chi connectivity index (χ0) is 13.0. The van der Waals surface area contributed by atoms with Crippen LogP contribution in [0.3, 0.4) is 0 Å². The van der Waals surface area contributed by atoms with Crippen molar-refractivity contribution in [3.05, 3.63) is 23.9 Å². The van der Waals surface area contributed by atoms with Gasteiger partial charge in [-0.1, -0.05) is 0 Å². The maximum atomic E-state index is 9.58. The number of aliphatic hydroxyl groups excluding tert-OH is 2. The summed E-state index contributed by atoms with van der Waals surface area (Å²) in [6.45, 7) is 6.44. The first-order valence-corrected chi connectivity index (χ1v) is 6.43. The molecule has 1 aliphatic heterocycles. The van der Waals surface area contributed by atoms with Crippen LogP contribution in [-0.4, -0.2) is 59.4 Å². The Labute approximate surface area is 108 Å². The van der Waals surface area contributed by atoms with Gasteiger partial charge in [0.15, 0.2) is 0 Å². The summed E-state index contributed by atoms with van der Waals surface area (Å²) in [6.07, 6.45) is 1.29. The van der Waals surface area contributed by atoms with Crippen LogP contribution in [0.25, 0.3) is 0 Å². The maximum absolute atomic E-state index is 9.58. The van der Waals surface area contributed by atoms with E-state index in [4.69, 9.17) is 5.11 Å². The first kappa shape index (κ1) is 13.3. The van der Waals surface area contributed by atoms with Gasteiger partial charge in [-0.05, 0) is 24.6 Å². The molecule has 2 rings (SSSR count). The fourth-order valence-corrected chi connectivity index (χ4v) is 2.21. The number of hydrogen-bond acceptors (Lipinski definition) is 5. The molecule has 0 spiro atoms. The first-order chi connectivity index (χ1) is 8.70. The smallest absolute Gasteiger partial charge is 0.128 e. The predicted octanol–water partition coefficient (Wildman–Crippen LogP) is 0.249. The first-order valence-electron chi connectivity index (χ1n) is 6.43. The molecule has 2 heterocycles. The summed E-state index contributed by atoms with van der Waals surface area (Å²) in [5.41, 5.74) is 0.901. The number of piperazine rings is 1. The largest absolute Gasteiger partial charge is 0.395 e. The summed E-state index contributed by atoms with van der Waals surface area (Å²) in [5, 5.41) is 18.5. The Balaban J connectivity index is 1.98. The molecule has 2 N–H and O–H groups in total. The van der Waals surface area contributed by atoms with E-state index in [1.165, 1.54) is 0 Å². The van der Waals surface area contributed by atoms with Crippen molar-refractivity contribution in [1.29, 1.82) is 0 Å². The number of aliphatic hydroxyl groups is 2. The lowest BCUT2D eigenvalue weighted by Gasteiger charge is -2.35. The molecule has 0 aliphatic carbocycles. The summed E-state index contributed by atoms with van der Waals surface area (Å²) in [6, 6.07) is 3.79. The third-order valence-electron chi connectivity index (χ3n) is 3.36. The van der Waals surface area contributed by atoms with Gasteiger partial charge in [0.1, 0.15) is 5.82 Å². The fourth-order valence-electron chi connectivity index (χ4n) is 2.21. The summed E-state index contributed by atoms with van der Waals surface area (Å²) >= 11 is 0. The van der Waals surface area contributed by atoms with Crippen LogP contribution in [0.5, 0.6) is 0 Å². The molecule has 1 atom stereocenters. The van der Waals surface area contributed by atoms with Crippen molar-refractivity contribution in [2.75, 3.05) is 44.2 Å². The highest BCUT2D eigenvalue weighted by Crippen LogP contribution is 2.19. The summed E-state index contributed by atoms with van der Waals surface area (Å²) in [5.74, 6) is 0.928. The van der Waals surface area contributed by atoms with Gasteiger partial charge in [0.25, 0.3) is 0 Å². The zero-order valence-corrected chi connectivity index (χ0v) is 10.8. The van der Waals surface area contributed by atoms with Gasteiger partial charge < -0.3 is 15.1 Å². The minimum absolute atomic E-state index is 0.218. The van der Waals surface area contributed by atoms with Crippen LogP contribution in [0, 0.1) is 0 Å².